The van der Waals surface area contributed by atoms with Gasteiger partial charge >= 0.3 is 0 Å². The van der Waals surface area contributed by atoms with E-state index in [1.807, 2.05) is 39.8 Å². The van der Waals surface area contributed by atoms with E-state index >= 15 is 0 Å². The van der Waals surface area contributed by atoms with Crippen LogP contribution in [-0.2, 0) is 0 Å². The smallest absolute Gasteiger partial charge is 0.224 e. The molecule has 1 aromatic carbocycles. The van der Waals surface area contributed by atoms with Gasteiger partial charge in [0.15, 0.2) is 0 Å². The first-order valence-electron chi connectivity index (χ1n) is 6.36. The summed E-state index contributed by atoms with van der Waals surface area (Å²) in [7, 11) is 0. The molecule has 0 fully saturated rings. The van der Waals surface area contributed by atoms with Gasteiger partial charge in [-0.05, 0) is 37.1 Å². The quantitative estimate of drug-likeness (QED) is 0.689. The number of hydrogen-bond acceptors (Lipinski definition) is 3. The van der Waals surface area contributed by atoms with Crippen LogP contribution >= 0.6 is 27.5 Å². The van der Waals surface area contributed by atoms with Crippen molar-refractivity contribution in [1.29, 1.82) is 0 Å². The van der Waals surface area contributed by atoms with E-state index in [4.69, 9.17) is 16.3 Å². The molecule has 2 aromatic rings. The van der Waals surface area contributed by atoms with E-state index in [9.17, 15) is 0 Å². The van der Waals surface area contributed by atoms with Gasteiger partial charge in [-0.25, -0.2) is 4.98 Å². The third-order valence-corrected chi connectivity index (χ3v) is 4.28. The molecule has 5 heteroatoms. The van der Waals surface area contributed by atoms with Gasteiger partial charge in [-0.2, -0.15) is 4.98 Å². The van der Waals surface area contributed by atoms with Crippen LogP contribution in [0.25, 0.3) is 0 Å². The Labute approximate surface area is 132 Å². The van der Waals surface area contributed by atoms with Gasteiger partial charge in [0.1, 0.15) is 16.7 Å². The molecule has 0 N–H and O–H groups in total. The number of ether oxygens (including phenoxy) is 1. The first-order chi connectivity index (χ1) is 9.36. The molecule has 0 saturated carbocycles. The van der Waals surface area contributed by atoms with Crippen molar-refractivity contribution in [1.82, 2.24) is 9.97 Å². The summed E-state index contributed by atoms with van der Waals surface area (Å²) >= 11 is 9.55. The maximum Gasteiger partial charge on any atom is 0.224 e. The van der Waals surface area contributed by atoms with Crippen molar-refractivity contribution >= 4 is 27.5 Å². The molecule has 3 nitrogen and oxygen atoms in total. The molecule has 0 spiro atoms. The molecular weight excluding hydrogens is 340 g/mol. The Morgan fingerprint density at radius 1 is 1.10 bits per heavy atom. The zero-order valence-electron chi connectivity index (χ0n) is 11.9. The predicted octanol–water partition coefficient (Wildman–Crippen LogP) is 5.43. The molecule has 0 aliphatic rings. The molecule has 1 aromatic heterocycles. The molecule has 0 aliphatic heterocycles. The number of aryl methyl sites for hydroxylation is 2. The van der Waals surface area contributed by atoms with Gasteiger partial charge in [-0.3, -0.25) is 0 Å². The molecule has 1 heterocycles. The fourth-order valence-corrected chi connectivity index (χ4v) is 2.22. The topological polar surface area (TPSA) is 35.0 Å². The Hall–Kier alpha value is -1.13. The highest BCUT2D eigenvalue weighted by Crippen LogP contribution is 2.29. The highest BCUT2D eigenvalue weighted by Gasteiger charge is 2.10. The zero-order chi connectivity index (χ0) is 14.9. The van der Waals surface area contributed by atoms with Crippen LogP contribution < -0.4 is 4.74 Å². The third-order valence-electron chi connectivity index (χ3n) is 2.84. The van der Waals surface area contributed by atoms with Gasteiger partial charge in [-0.15, -0.1) is 0 Å². The monoisotopic (exact) mass is 354 g/mol. The highest BCUT2D eigenvalue weighted by atomic mass is 79.9. The summed E-state index contributed by atoms with van der Waals surface area (Å²) in [6.07, 6.45) is 0. The second-order valence-corrected chi connectivity index (χ2v) is 6.20. The minimum Gasteiger partial charge on any atom is -0.439 e. The summed E-state index contributed by atoms with van der Waals surface area (Å²) in [6.45, 7) is 8.08. The van der Waals surface area contributed by atoms with Crippen LogP contribution in [-0.4, -0.2) is 9.97 Å². The summed E-state index contributed by atoms with van der Waals surface area (Å²) in [6, 6.07) is 5.55. The van der Waals surface area contributed by atoms with Crippen molar-refractivity contribution in [2.75, 3.05) is 0 Å². The second kappa shape index (κ2) is 6.10. The molecule has 0 unspecified atom stereocenters. The number of benzene rings is 1. The van der Waals surface area contributed by atoms with Crippen LogP contribution in [0.2, 0.25) is 5.15 Å². The van der Waals surface area contributed by atoms with E-state index in [0.29, 0.717) is 16.9 Å². The molecule has 106 valence electrons. The SMILES string of the molecule is Cc1cc(Oc2cc(Cl)nc(C(C)C)n2)cc(C)c1Br. The largest absolute Gasteiger partial charge is 0.439 e. The van der Waals surface area contributed by atoms with Crippen molar-refractivity contribution < 1.29 is 4.74 Å². The molecule has 0 radical (unpaired) electrons. The molecule has 2 rings (SSSR count). The highest BCUT2D eigenvalue weighted by molar-refractivity contribution is 9.10. The van der Waals surface area contributed by atoms with Gasteiger partial charge in [0.25, 0.3) is 0 Å². The number of aromatic nitrogens is 2. The van der Waals surface area contributed by atoms with Crippen molar-refractivity contribution in [3.63, 3.8) is 0 Å². The Balaban J connectivity index is 2.35. The maximum absolute atomic E-state index is 6.01. The molecule has 0 saturated heterocycles. The van der Waals surface area contributed by atoms with Gasteiger partial charge in [-0.1, -0.05) is 41.4 Å². The van der Waals surface area contributed by atoms with Crippen LogP contribution in [0.4, 0.5) is 0 Å². The number of rotatable bonds is 3. The van der Waals surface area contributed by atoms with Crippen LogP contribution in [0.5, 0.6) is 11.6 Å². The van der Waals surface area contributed by atoms with E-state index in [0.717, 1.165) is 21.3 Å². The minimum absolute atomic E-state index is 0.199. The lowest BCUT2D eigenvalue weighted by Crippen LogP contribution is -2.00. The maximum atomic E-state index is 6.01. The molecule has 0 aliphatic carbocycles. The first-order valence-corrected chi connectivity index (χ1v) is 7.53. The van der Waals surface area contributed by atoms with Gasteiger partial charge in [0, 0.05) is 16.5 Å². The lowest BCUT2D eigenvalue weighted by Gasteiger charge is -2.11. The molecule has 0 amide bonds. The summed E-state index contributed by atoms with van der Waals surface area (Å²) in [5, 5.41) is 0.393. The molecular formula is C15H16BrClN2O. The van der Waals surface area contributed by atoms with Crippen LogP contribution in [0.3, 0.4) is 0 Å². The zero-order valence-corrected chi connectivity index (χ0v) is 14.2. The third kappa shape index (κ3) is 3.49. The molecule has 20 heavy (non-hydrogen) atoms. The number of hydrogen-bond donors (Lipinski definition) is 0. The average molecular weight is 356 g/mol. The second-order valence-electron chi connectivity index (χ2n) is 5.01. The normalized spacial score (nSPS) is 10.9. The van der Waals surface area contributed by atoms with E-state index in [-0.39, 0.29) is 5.92 Å². The summed E-state index contributed by atoms with van der Waals surface area (Å²) in [5.74, 6) is 2.09. The molecule has 0 bridgehead atoms. The lowest BCUT2D eigenvalue weighted by atomic mass is 10.1. The standard InChI is InChI=1S/C15H16BrClN2O/c1-8(2)15-18-12(17)7-13(19-15)20-11-5-9(3)14(16)10(4)6-11/h5-8H,1-4H3. The number of halogens is 2. The van der Waals surface area contributed by atoms with Crippen molar-refractivity contribution in [2.24, 2.45) is 0 Å². The van der Waals surface area contributed by atoms with Gasteiger partial charge < -0.3 is 4.74 Å². The Kier molecular flexibility index (Phi) is 4.66. The van der Waals surface area contributed by atoms with Crippen LogP contribution in [0.1, 0.15) is 36.7 Å². The van der Waals surface area contributed by atoms with E-state index in [1.165, 1.54) is 0 Å². The van der Waals surface area contributed by atoms with Crippen molar-refractivity contribution in [3.8, 4) is 11.6 Å². The molecule has 0 atom stereocenters. The summed E-state index contributed by atoms with van der Waals surface area (Å²) < 4.78 is 6.90. The van der Waals surface area contributed by atoms with Gasteiger partial charge in [0.2, 0.25) is 5.88 Å². The summed E-state index contributed by atoms with van der Waals surface area (Å²) in [4.78, 5) is 8.57. The van der Waals surface area contributed by atoms with Crippen molar-refractivity contribution in [3.05, 3.63) is 44.8 Å². The fourth-order valence-electron chi connectivity index (χ4n) is 1.81. The first kappa shape index (κ1) is 15.3. The fraction of sp³-hybridized carbons (Fsp3) is 0.333. The van der Waals surface area contributed by atoms with Crippen molar-refractivity contribution in [2.45, 2.75) is 33.6 Å². The van der Waals surface area contributed by atoms with Crippen LogP contribution in [0, 0.1) is 13.8 Å². The van der Waals surface area contributed by atoms with Gasteiger partial charge in [0.05, 0.1) is 0 Å². The lowest BCUT2D eigenvalue weighted by molar-refractivity contribution is 0.456. The number of nitrogens with zero attached hydrogens (tertiary/aromatic N) is 2. The predicted molar refractivity (Wildman–Crippen MR) is 84.8 cm³/mol. The minimum atomic E-state index is 0.199. The summed E-state index contributed by atoms with van der Waals surface area (Å²) in [5.41, 5.74) is 2.23. The average Bonchev–Trinajstić information content (AvgIpc) is 2.35. The van der Waals surface area contributed by atoms with E-state index < -0.39 is 0 Å². The van der Waals surface area contributed by atoms with E-state index in [2.05, 4.69) is 25.9 Å². The van der Waals surface area contributed by atoms with Crippen LogP contribution in [0.15, 0.2) is 22.7 Å². The Bertz CT molecular complexity index is 621. The Morgan fingerprint density at radius 3 is 2.25 bits per heavy atom. The van der Waals surface area contributed by atoms with E-state index in [1.54, 1.807) is 6.07 Å². The Morgan fingerprint density at radius 2 is 1.70 bits per heavy atom.